The molecule has 2 nitrogen and oxygen atoms in total. The highest BCUT2D eigenvalue weighted by Crippen LogP contribution is 2.41. The lowest BCUT2D eigenvalue weighted by Crippen LogP contribution is -1.86. The zero-order valence-electron chi connectivity index (χ0n) is 24.2. The summed E-state index contributed by atoms with van der Waals surface area (Å²) in [6.45, 7) is 0. The predicted octanol–water partition coefficient (Wildman–Crippen LogP) is 12.0. The zero-order chi connectivity index (χ0) is 29.2. The molecule has 0 aliphatic heterocycles. The Hall–Kier alpha value is -5.64. The van der Waals surface area contributed by atoms with E-state index in [4.69, 9.17) is 0 Å². The predicted molar refractivity (Wildman–Crippen MR) is 195 cm³/mol. The molecule has 3 heteroatoms. The third-order valence-corrected chi connectivity index (χ3v) is 11.0. The fourth-order valence-electron chi connectivity index (χ4n) is 7.86. The van der Waals surface area contributed by atoms with E-state index in [9.17, 15) is 0 Å². The van der Waals surface area contributed by atoms with E-state index in [2.05, 4.69) is 154 Å². The minimum atomic E-state index is 1.17. The van der Waals surface area contributed by atoms with Gasteiger partial charge in [0.05, 0.1) is 22.1 Å². The molecule has 208 valence electrons. The van der Waals surface area contributed by atoms with Crippen LogP contribution < -0.4 is 0 Å². The van der Waals surface area contributed by atoms with E-state index in [1.165, 1.54) is 96.4 Å². The Morgan fingerprint density at radius 2 is 0.867 bits per heavy atom. The van der Waals surface area contributed by atoms with Gasteiger partial charge < -0.3 is 8.80 Å². The van der Waals surface area contributed by atoms with Gasteiger partial charge >= 0.3 is 0 Å². The van der Waals surface area contributed by atoms with Crippen molar-refractivity contribution in [2.75, 3.05) is 0 Å². The third kappa shape index (κ3) is 3.13. The van der Waals surface area contributed by atoms with Gasteiger partial charge in [-0.15, -0.1) is 11.3 Å². The second-order valence-electron chi connectivity index (χ2n) is 12.2. The zero-order valence-corrected chi connectivity index (χ0v) is 25.0. The number of thiophene rings is 1. The van der Waals surface area contributed by atoms with Crippen LogP contribution in [-0.4, -0.2) is 8.80 Å². The number of para-hydroxylation sites is 2. The summed E-state index contributed by atoms with van der Waals surface area (Å²) in [6.07, 6.45) is 0. The first-order chi connectivity index (χ1) is 22.3. The average Bonchev–Trinajstić information content (AvgIpc) is 3.75. The van der Waals surface area contributed by atoms with Gasteiger partial charge in [-0.1, -0.05) is 72.8 Å². The number of aromatic nitrogens is 2. The Kier molecular flexibility index (Phi) is 4.49. The van der Waals surface area contributed by atoms with Crippen molar-refractivity contribution in [1.82, 2.24) is 8.80 Å². The summed E-state index contributed by atoms with van der Waals surface area (Å²) >= 11 is 1.88. The van der Waals surface area contributed by atoms with Gasteiger partial charge in [0, 0.05) is 52.8 Å². The molecule has 0 saturated heterocycles. The Bertz CT molecular complexity index is 3100. The fourth-order valence-corrected chi connectivity index (χ4v) is 8.93. The smallest absolute Gasteiger partial charge is 0.0548 e. The molecule has 0 aliphatic carbocycles. The molecule has 0 unspecified atom stereocenters. The summed E-state index contributed by atoms with van der Waals surface area (Å²) < 4.78 is 7.55. The Balaban J connectivity index is 1.50. The van der Waals surface area contributed by atoms with Crippen LogP contribution in [0.15, 0.2) is 146 Å². The van der Waals surface area contributed by atoms with Crippen LogP contribution in [0.4, 0.5) is 0 Å². The van der Waals surface area contributed by atoms with Crippen molar-refractivity contribution in [3.8, 4) is 0 Å². The van der Waals surface area contributed by atoms with Crippen LogP contribution in [0.3, 0.4) is 0 Å². The van der Waals surface area contributed by atoms with E-state index >= 15 is 0 Å². The van der Waals surface area contributed by atoms with Crippen molar-refractivity contribution in [1.29, 1.82) is 0 Å². The average molecular weight is 589 g/mol. The number of benzene rings is 7. The molecule has 0 spiro atoms. The van der Waals surface area contributed by atoms with E-state index in [1.807, 2.05) is 11.3 Å². The number of rotatable bonds is 0. The maximum atomic E-state index is 2.47. The molecule has 12 aromatic rings. The molecular formula is C42H24N2S. The molecule has 45 heavy (non-hydrogen) atoms. The van der Waals surface area contributed by atoms with Crippen LogP contribution in [-0.2, 0) is 0 Å². The van der Waals surface area contributed by atoms with Crippen molar-refractivity contribution in [2.24, 2.45) is 0 Å². The minimum Gasteiger partial charge on any atom is -0.309 e. The second kappa shape index (κ2) is 8.50. The Morgan fingerprint density at radius 1 is 0.333 bits per heavy atom. The molecule has 0 atom stereocenters. The molecule has 5 aromatic heterocycles. The minimum absolute atomic E-state index is 1.17. The molecule has 5 heterocycles. The molecule has 0 fully saturated rings. The first-order valence-electron chi connectivity index (χ1n) is 15.4. The van der Waals surface area contributed by atoms with Crippen molar-refractivity contribution in [2.45, 2.75) is 0 Å². The molecule has 0 aliphatic rings. The lowest BCUT2D eigenvalue weighted by molar-refractivity contribution is 1.33. The number of fused-ring (bicyclic) bond motifs is 3. The summed E-state index contributed by atoms with van der Waals surface area (Å²) in [5.74, 6) is 0. The van der Waals surface area contributed by atoms with Gasteiger partial charge in [-0.2, -0.15) is 0 Å². The highest BCUT2D eigenvalue weighted by Gasteiger charge is 2.18. The van der Waals surface area contributed by atoms with E-state index in [0.717, 1.165) is 0 Å². The molecule has 12 rings (SSSR count). The van der Waals surface area contributed by atoms with E-state index in [-0.39, 0.29) is 0 Å². The monoisotopic (exact) mass is 588 g/mol. The van der Waals surface area contributed by atoms with Crippen LogP contribution >= 0.6 is 11.3 Å². The number of nitrogens with zero attached hydrogens (tertiary/aromatic N) is 2. The first kappa shape index (κ1) is 23.8. The topological polar surface area (TPSA) is 8.82 Å². The summed E-state index contributed by atoms with van der Waals surface area (Å²) in [5.41, 5.74) is 7.27. The third-order valence-electron chi connectivity index (χ3n) is 9.82. The van der Waals surface area contributed by atoms with E-state index in [1.54, 1.807) is 0 Å². The lowest BCUT2D eigenvalue weighted by atomic mass is 10.1. The number of hydrogen-bond acceptors (Lipinski definition) is 1. The summed E-state index contributed by atoms with van der Waals surface area (Å²) in [6, 6.07) is 54.4. The van der Waals surface area contributed by atoms with Crippen LogP contribution in [0.2, 0.25) is 0 Å². The number of hydrogen-bond donors (Lipinski definition) is 0. The molecule has 7 aromatic carbocycles. The van der Waals surface area contributed by atoms with Crippen molar-refractivity contribution in [3.05, 3.63) is 146 Å². The molecule has 0 N–H and O–H groups in total. The summed E-state index contributed by atoms with van der Waals surface area (Å²) in [4.78, 5) is 0. The van der Waals surface area contributed by atoms with Crippen LogP contribution in [0.5, 0.6) is 0 Å². The first-order valence-corrected chi connectivity index (χ1v) is 16.3. The molecule has 0 radical (unpaired) electrons. The Morgan fingerprint density at radius 3 is 1.56 bits per heavy atom. The van der Waals surface area contributed by atoms with Crippen LogP contribution in [0.25, 0.3) is 96.4 Å². The highest BCUT2D eigenvalue weighted by molar-refractivity contribution is 7.25. The van der Waals surface area contributed by atoms with Crippen LogP contribution in [0, 0.1) is 0 Å². The van der Waals surface area contributed by atoms with Gasteiger partial charge in [-0.05, 0) is 94.3 Å². The van der Waals surface area contributed by atoms with Gasteiger partial charge in [0.1, 0.15) is 0 Å². The van der Waals surface area contributed by atoms with Crippen molar-refractivity contribution < 1.29 is 0 Å². The maximum absolute atomic E-state index is 2.47. The van der Waals surface area contributed by atoms with E-state index in [0.29, 0.717) is 0 Å². The molecular weight excluding hydrogens is 565 g/mol. The second-order valence-corrected chi connectivity index (χ2v) is 13.3. The Labute approximate surface area is 261 Å². The molecule has 0 saturated carbocycles. The van der Waals surface area contributed by atoms with Gasteiger partial charge in [0.2, 0.25) is 0 Å². The lowest BCUT2D eigenvalue weighted by Gasteiger charge is -2.04. The highest BCUT2D eigenvalue weighted by atomic mass is 32.1. The van der Waals surface area contributed by atoms with E-state index < -0.39 is 0 Å². The summed E-state index contributed by atoms with van der Waals surface area (Å²) in [5, 5.41) is 12.7. The summed E-state index contributed by atoms with van der Waals surface area (Å²) in [7, 11) is 0. The SMILES string of the molecule is c1cc2cc(c1)c1cccc(c1)n1c3ccccc3c3c4c5ccccc5n(c5ccc6sc7ccc2cc7c6c5)c4ccc31. The van der Waals surface area contributed by atoms with Gasteiger partial charge in [0.15, 0.2) is 0 Å². The van der Waals surface area contributed by atoms with Gasteiger partial charge in [-0.3, -0.25) is 0 Å². The van der Waals surface area contributed by atoms with Crippen molar-refractivity contribution in [3.63, 3.8) is 0 Å². The van der Waals surface area contributed by atoms with Gasteiger partial charge in [-0.25, -0.2) is 0 Å². The largest absolute Gasteiger partial charge is 0.309 e. The normalized spacial score (nSPS) is 12.4. The fraction of sp³-hybridized carbons (Fsp3) is 0. The van der Waals surface area contributed by atoms with Gasteiger partial charge in [0.25, 0.3) is 0 Å². The maximum Gasteiger partial charge on any atom is 0.0548 e. The quantitative estimate of drug-likeness (QED) is 0.167. The standard InChI is InChI=1S/C42H24N2S/c1-3-13-35-31(11-1)41-37-17-18-38-42(41)32-12-2-4-14-36(32)44(38)30-16-20-40-34(24-30)33-23-28(15-19-39(33)45-40)26-8-5-7-25(21-26)27-9-6-10-29(22-27)43(35)37/h1-24H. The van der Waals surface area contributed by atoms with Crippen LogP contribution in [0.1, 0.15) is 0 Å². The molecule has 0 amide bonds. The molecule has 14 bridgehead atoms. The van der Waals surface area contributed by atoms with Crippen molar-refractivity contribution >= 4 is 108 Å².